The lowest BCUT2D eigenvalue weighted by Gasteiger charge is -2.38. The Morgan fingerprint density at radius 2 is 1.21 bits per heavy atom. The van der Waals surface area contributed by atoms with Crippen molar-refractivity contribution in [2.75, 3.05) is 0 Å². The van der Waals surface area contributed by atoms with Crippen LogP contribution in [-0.4, -0.2) is 20.9 Å². The monoisotopic (exact) mass is 540 g/mol. The van der Waals surface area contributed by atoms with Gasteiger partial charge >= 0.3 is 0 Å². The molecule has 0 fully saturated rings. The van der Waals surface area contributed by atoms with Crippen molar-refractivity contribution >= 4 is 0 Å². The van der Waals surface area contributed by atoms with Crippen LogP contribution in [-0.2, 0) is 6.42 Å². The average Bonchev–Trinajstić information content (AvgIpc) is 2.88. The van der Waals surface area contributed by atoms with Crippen molar-refractivity contribution in [3.8, 4) is 23.0 Å². The molecule has 1 aliphatic heterocycles. The molecule has 0 aliphatic carbocycles. The van der Waals surface area contributed by atoms with E-state index in [-0.39, 0.29) is 17.1 Å². The fraction of sp³-hybridized carbons (Fsp3) is 0.657. The summed E-state index contributed by atoms with van der Waals surface area (Å²) in [6.45, 7) is 17.9. The van der Waals surface area contributed by atoms with Crippen LogP contribution >= 0.6 is 0 Å². The van der Waals surface area contributed by atoms with E-state index in [9.17, 15) is 5.11 Å². The molecule has 1 heterocycles. The molecule has 220 valence electrons. The van der Waals surface area contributed by atoms with Gasteiger partial charge in [-0.1, -0.05) is 72.6 Å². The summed E-state index contributed by atoms with van der Waals surface area (Å²) in [6.07, 6.45) is 14.1. The maximum Gasteiger partial charge on any atom is 0.127 e. The minimum absolute atomic E-state index is 0.0712. The van der Waals surface area contributed by atoms with Gasteiger partial charge in [-0.15, -0.1) is 0 Å². The normalized spacial score (nSPS) is 18.1. The van der Waals surface area contributed by atoms with Crippen LogP contribution in [0.4, 0.5) is 0 Å². The number of rotatable bonds is 12. The van der Waals surface area contributed by atoms with Crippen molar-refractivity contribution in [3.05, 3.63) is 46.5 Å². The Morgan fingerprint density at radius 1 is 0.718 bits per heavy atom. The molecular weight excluding hydrogens is 484 g/mol. The summed E-state index contributed by atoms with van der Waals surface area (Å²) in [5.41, 5.74) is 4.23. The maximum absolute atomic E-state index is 10.4. The molecule has 4 nitrogen and oxygen atoms in total. The highest BCUT2D eigenvalue weighted by molar-refractivity contribution is 5.58. The predicted octanol–water partition coefficient (Wildman–Crippen LogP) is 9.94. The summed E-state index contributed by atoms with van der Waals surface area (Å²) >= 11 is 0. The molecule has 4 heteroatoms. The van der Waals surface area contributed by atoms with Crippen molar-refractivity contribution in [2.24, 2.45) is 17.8 Å². The molecule has 0 bridgehead atoms. The van der Waals surface area contributed by atoms with Crippen LogP contribution in [0.1, 0.15) is 121 Å². The van der Waals surface area contributed by atoms with Crippen molar-refractivity contribution in [1.82, 2.24) is 0 Å². The van der Waals surface area contributed by atoms with Gasteiger partial charge in [-0.05, 0) is 112 Å². The van der Waals surface area contributed by atoms with Crippen LogP contribution < -0.4 is 4.74 Å². The lowest BCUT2D eigenvalue weighted by molar-refractivity contribution is 0.0512. The minimum Gasteiger partial charge on any atom is -0.508 e. The number of aromatic hydroxyl groups is 3. The van der Waals surface area contributed by atoms with E-state index in [2.05, 4.69) is 41.5 Å². The molecule has 2 aromatic rings. The molecule has 1 aliphatic rings. The predicted molar refractivity (Wildman–Crippen MR) is 164 cm³/mol. The van der Waals surface area contributed by atoms with E-state index >= 15 is 0 Å². The van der Waals surface area contributed by atoms with E-state index < -0.39 is 0 Å². The second-order valence-electron chi connectivity index (χ2n) is 13.0. The Bertz CT molecular complexity index is 990. The molecule has 39 heavy (non-hydrogen) atoms. The molecular formula is C35H56O4. The largest absolute Gasteiger partial charge is 0.508 e. The van der Waals surface area contributed by atoms with E-state index in [0.717, 1.165) is 59.5 Å². The first-order valence-corrected chi connectivity index (χ1v) is 15.3. The van der Waals surface area contributed by atoms with Crippen LogP contribution in [0.15, 0.2) is 24.3 Å². The number of hydrogen-bond donors (Lipinski definition) is 3. The van der Waals surface area contributed by atoms with E-state index in [1.54, 1.807) is 0 Å². The summed E-state index contributed by atoms with van der Waals surface area (Å²) in [5, 5.41) is 27.7. The molecule has 0 spiro atoms. The highest BCUT2D eigenvalue weighted by atomic mass is 16.5. The van der Waals surface area contributed by atoms with Gasteiger partial charge in [-0.2, -0.15) is 0 Å². The van der Waals surface area contributed by atoms with Gasteiger partial charge in [0.05, 0.1) is 0 Å². The Labute approximate surface area is 238 Å². The molecule has 3 rings (SSSR count). The molecule has 3 atom stereocenters. The number of phenolic OH excluding ortho intramolecular Hbond substituents is 3. The zero-order chi connectivity index (χ0) is 29.2. The van der Waals surface area contributed by atoms with Crippen LogP contribution in [0.5, 0.6) is 23.0 Å². The van der Waals surface area contributed by atoms with E-state index in [1.165, 1.54) is 81.2 Å². The zero-order valence-corrected chi connectivity index (χ0v) is 26.1. The average molecular weight is 541 g/mol. The SMILES string of the molecule is Cc1c(C)c2c(c(C)c1O)CC[C@@](C)(CCC[C@H](C)CCC[C@H](C)CCCC(C)C)O2.Oc1ccc(O)cc1. The van der Waals surface area contributed by atoms with Crippen molar-refractivity contribution < 1.29 is 20.1 Å². The topological polar surface area (TPSA) is 69.9 Å². The summed E-state index contributed by atoms with van der Waals surface area (Å²) < 4.78 is 6.60. The second-order valence-corrected chi connectivity index (χ2v) is 13.0. The third-order valence-corrected chi connectivity index (χ3v) is 8.72. The lowest BCUT2D eigenvalue weighted by Crippen LogP contribution is -2.37. The number of hydrogen-bond acceptors (Lipinski definition) is 4. The number of phenols is 3. The minimum atomic E-state index is -0.0712. The van der Waals surface area contributed by atoms with Gasteiger partial charge in [0.25, 0.3) is 0 Å². The molecule has 3 N–H and O–H groups in total. The van der Waals surface area contributed by atoms with Gasteiger partial charge < -0.3 is 20.1 Å². The standard InChI is InChI=1S/C29H50O2.C6H6O2/c1-20(2)12-9-13-21(3)14-10-15-22(4)16-11-18-29(8)19-17-26-25(7)27(30)23(5)24(6)28(26)31-29;7-5-1-2-6(8)4-3-5/h20-22,30H,9-19H2,1-8H3;1-4,7-8H/t21-,22-,29-;/m1./s1. The Hall–Kier alpha value is -2.36. The summed E-state index contributed by atoms with van der Waals surface area (Å²) in [7, 11) is 0. The van der Waals surface area contributed by atoms with Crippen LogP contribution in [0, 0.1) is 38.5 Å². The van der Waals surface area contributed by atoms with Gasteiger partial charge in [-0.25, -0.2) is 0 Å². The summed E-state index contributed by atoms with van der Waals surface area (Å²) in [4.78, 5) is 0. The highest BCUT2D eigenvalue weighted by Gasteiger charge is 2.34. The van der Waals surface area contributed by atoms with E-state index in [4.69, 9.17) is 14.9 Å². The third kappa shape index (κ3) is 10.6. The van der Waals surface area contributed by atoms with Crippen molar-refractivity contribution in [3.63, 3.8) is 0 Å². The van der Waals surface area contributed by atoms with E-state index in [1.807, 2.05) is 13.8 Å². The van der Waals surface area contributed by atoms with Gasteiger partial charge in [0.2, 0.25) is 0 Å². The van der Waals surface area contributed by atoms with Crippen LogP contribution in [0.2, 0.25) is 0 Å². The van der Waals surface area contributed by atoms with Crippen LogP contribution in [0.25, 0.3) is 0 Å². The first-order chi connectivity index (χ1) is 18.3. The van der Waals surface area contributed by atoms with Crippen LogP contribution in [0.3, 0.4) is 0 Å². The molecule has 0 aromatic heterocycles. The Kier molecular flexibility index (Phi) is 13.0. The van der Waals surface area contributed by atoms with Crippen molar-refractivity contribution in [2.45, 2.75) is 132 Å². The summed E-state index contributed by atoms with van der Waals surface area (Å²) in [6, 6.07) is 5.70. The maximum atomic E-state index is 10.4. The molecule has 0 radical (unpaired) electrons. The quantitative estimate of drug-likeness (QED) is 0.234. The number of ether oxygens (including phenoxy) is 1. The van der Waals surface area contributed by atoms with Gasteiger partial charge in [0, 0.05) is 5.56 Å². The zero-order valence-electron chi connectivity index (χ0n) is 26.1. The highest BCUT2D eigenvalue weighted by Crippen LogP contribution is 2.44. The van der Waals surface area contributed by atoms with Gasteiger partial charge in [0.15, 0.2) is 0 Å². The first-order valence-electron chi connectivity index (χ1n) is 15.3. The van der Waals surface area contributed by atoms with E-state index in [0.29, 0.717) is 5.75 Å². The Balaban J connectivity index is 0.000000568. The smallest absolute Gasteiger partial charge is 0.127 e. The van der Waals surface area contributed by atoms with Gasteiger partial charge in [-0.3, -0.25) is 0 Å². The third-order valence-electron chi connectivity index (χ3n) is 8.72. The molecule has 0 unspecified atom stereocenters. The molecule has 2 aromatic carbocycles. The number of benzene rings is 2. The van der Waals surface area contributed by atoms with Gasteiger partial charge in [0.1, 0.15) is 28.6 Å². The Morgan fingerprint density at radius 3 is 1.72 bits per heavy atom. The molecule has 0 saturated carbocycles. The first kappa shape index (κ1) is 32.8. The molecule has 0 saturated heterocycles. The fourth-order valence-corrected chi connectivity index (χ4v) is 5.73. The summed E-state index contributed by atoms with van der Waals surface area (Å²) in [5.74, 6) is 4.37. The number of fused-ring (bicyclic) bond motifs is 1. The lowest BCUT2D eigenvalue weighted by atomic mass is 9.84. The molecule has 0 amide bonds. The fourth-order valence-electron chi connectivity index (χ4n) is 5.73. The second kappa shape index (κ2) is 15.4. The van der Waals surface area contributed by atoms with Crippen molar-refractivity contribution in [1.29, 1.82) is 0 Å².